The zero-order valence-corrected chi connectivity index (χ0v) is 14.5. The maximum atomic E-state index is 13.0. The Kier molecular flexibility index (Phi) is 4.08. The molecule has 0 saturated carbocycles. The van der Waals surface area contributed by atoms with Crippen LogP contribution in [0.3, 0.4) is 0 Å². The van der Waals surface area contributed by atoms with Crippen LogP contribution in [0.25, 0.3) is 0 Å². The molecule has 1 unspecified atom stereocenters. The summed E-state index contributed by atoms with van der Waals surface area (Å²) in [7, 11) is 0. The number of carbonyl (C=O) groups excluding carboxylic acids is 2. The monoisotopic (exact) mass is 360 g/mol. The van der Waals surface area contributed by atoms with Gasteiger partial charge in [0.15, 0.2) is 11.5 Å². The third-order valence-electron chi connectivity index (χ3n) is 4.54. The summed E-state index contributed by atoms with van der Waals surface area (Å²) in [5.41, 5.74) is 1.88. The highest BCUT2D eigenvalue weighted by Crippen LogP contribution is 2.42. The summed E-state index contributed by atoms with van der Waals surface area (Å²) in [6.45, 7) is 1.86. The first-order chi connectivity index (χ1) is 13.1. The second kappa shape index (κ2) is 6.57. The molecule has 3 heterocycles. The average Bonchev–Trinajstić information content (AvgIpc) is 3.31. The van der Waals surface area contributed by atoms with Crippen molar-refractivity contribution in [3.05, 3.63) is 95.4 Å². The third-order valence-corrected chi connectivity index (χ3v) is 4.54. The van der Waals surface area contributed by atoms with Crippen molar-refractivity contribution in [3.63, 3.8) is 0 Å². The van der Waals surface area contributed by atoms with Crippen LogP contribution >= 0.6 is 0 Å². The van der Waals surface area contributed by atoms with Crippen molar-refractivity contribution >= 4 is 17.4 Å². The molecule has 3 aromatic rings. The van der Waals surface area contributed by atoms with Gasteiger partial charge in [-0.25, -0.2) is 0 Å². The summed E-state index contributed by atoms with van der Waals surface area (Å²) >= 11 is 0. The SMILES string of the molecule is Cc1ccccc1N1C(=O)C(O)=C(C(=O)c2ccco2)C1c1ccccn1. The summed E-state index contributed by atoms with van der Waals surface area (Å²) in [6, 6.07) is 14.8. The molecular formula is C21H16N2O4. The Labute approximate surface area is 155 Å². The van der Waals surface area contributed by atoms with E-state index in [0.717, 1.165) is 5.56 Å². The minimum absolute atomic E-state index is 0.0445. The van der Waals surface area contributed by atoms with Gasteiger partial charge < -0.3 is 9.52 Å². The van der Waals surface area contributed by atoms with Crippen LogP contribution in [0, 0.1) is 6.92 Å². The number of aliphatic hydroxyl groups is 1. The lowest BCUT2D eigenvalue weighted by Gasteiger charge is -2.27. The van der Waals surface area contributed by atoms with Crippen LogP contribution < -0.4 is 4.90 Å². The van der Waals surface area contributed by atoms with Crippen LogP contribution in [0.1, 0.15) is 27.9 Å². The topological polar surface area (TPSA) is 83.6 Å². The molecule has 0 spiro atoms. The fourth-order valence-electron chi connectivity index (χ4n) is 3.28. The Hall–Kier alpha value is -3.67. The number of aliphatic hydroxyl groups excluding tert-OH is 1. The van der Waals surface area contributed by atoms with Crippen molar-refractivity contribution in [2.75, 3.05) is 4.90 Å². The van der Waals surface area contributed by atoms with Gasteiger partial charge in [0.25, 0.3) is 5.91 Å². The molecule has 0 bridgehead atoms. The van der Waals surface area contributed by atoms with Gasteiger partial charge >= 0.3 is 0 Å². The van der Waals surface area contributed by atoms with E-state index < -0.39 is 23.5 Å². The summed E-state index contributed by atoms with van der Waals surface area (Å²) in [5.74, 6) is -1.72. The quantitative estimate of drug-likeness (QED) is 0.716. The number of furan rings is 1. The molecule has 1 amide bonds. The minimum Gasteiger partial charge on any atom is -0.503 e. The molecule has 27 heavy (non-hydrogen) atoms. The largest absolute Gasteiger partial charge is 0.503 e. The predicted octanol–water partition coefficient (Wildman–Crippen LogP) is 3.77. The van der Waals surface area contributed by atoms with E-state index in [0.29, 0.717) is 11.4 Å². The highest BCUT2D eigenvalue weighted by Gasteiger charge is 2.46. The number of para-hydroxylation sites is 1. The van der Waals surface area contributed by atoms with Crippen molar-refractivity contribution in [3.8, 4) is 0 Å². The van der Waals surface area contributed by atoms with E-state index in [9.17, 15) is 14.7 Å². The lowest BCUT2D eigenvalue weighted by atomic mass is 9.98. The molecule has 1 atom stereocenters. The third kappa shape index (κ3) is 2.71. The van der Waals surface area contributed by atoms with Gasteiger partial charge in [0.05, 0.1) is 17.5 Å². The molecule has 2 aromatic heterocycles. The van der Waals surface area contributed by atoms with Crippen molar-refractivity contribution in [2.45, 2.75) is 13.0 Å². The molecular weight excluding hydrogens is 344 g/mol. The fraction of sp³-hybridized carbons (Fsp3) is 0.0952. The minimum atomic E-state index is -0.850. The molecule has 0 fully saturated rings. The maximum absolute atomic E-state index is 13.0. The normalized spacial score (nSPS) is 16.9. The van der Waals surface area contributed by atoms with E-state index in [-0.39, 0.29) is 11.3 Å². The second-order valence-corrected chi connectivity index (χ2v) is 6.19. The van der Waals surface area contributed by atoms with E-state index in [1.165, 1.54) is 17.2 Å². The number of rotatable bonds is 4. The summed E-state index contributed by atoms with van der Waals surface area (Å²) in [4.78, 5) is 31.7. The van der Waals surface area contributed by atoms with Crippen LogP contribution in [0.15, 0.2) is 82.8 Å². The number of hydrogen-bond acceptors (Lipinski definition) is 5. The zero-order valence-electron chi connectivity index (χ0n) is 14.5. The summed E-state index contributed by atoms with van der Waals surface area (Å²) < 4.78 is 5.20. The van der Waals surface area contributed by atoms with Crippen LogP contribution in [0.4, 0.5) is 5.69 Å². The number of pyridine rings is 1. The van der Waals surface area contributed by atoms with Gasteiger partial charge in [0.1, 0.15) is 6.04 Å². The number of amides is 1. The fourth-order valence-corrected chi connectivity index (χ4v) is 3.28. The van der Waals surface area contributed by atoms with Crippen molar-refractivity contribution in [1.29, 1.82) is 0 Å². The molecule has 0 aliphatic carbocycles. The number of aryl methyl sites for hydroxylation is 1. The van der Waals surface area contributed by atoms with Gasteiger partial charge in [-0.05, 0) is 42.8 Å². The Bertz CT molecular complexity index is 1040. The Morgan fingerprint density at radius 2 is 1.89 bits per heavy atom. The van der Waals surface area contributed by atoms with Gasteiger partial charge in [0, 0.05) is 11.9 Å². The van der Waals surface area contributed by atoms with E-state index in [4.69, 9.17) is 4.42 Å². The van der Waals surface area contributed by atoms with Crippen LogP contribution in [0.5, 0.6) is 0 Å². The van der Waals surface area contributed by atoms with Crippen molar-refractivity contribution in [2.24, 2.45) is 0 Å². The molecule has 0 saturated heterocycles. The number of anilines is 1. The zero-order chi connectivity index (χ0) is 19.0. The number of benzene rings is 1. The maximum Gasteiger partial charge on any atom is 0.294 e. The molecule has 6 heteroatoms. The Morgan fingerprint density at radius 3 is 2.56 bits per heavy atom. The van der Waals surface area contributed by atoms with E-state index in [1.54, 1.807) is 42.6 Å². The van der Waals surface area contributed by atoms with E-state index in [2.05, 4.69) is 4.98 Å². The standard InChI is InChI=1S/C21H16N2O4/c1-13-7-2-3-9-15(13)23-18(14-8-4-5-11-22-14)17(20(25)21(23)26)19(24)16-10-6-12-27-16/h2-12,18,25H,1H3. The summed E-state index contributed by atoms with van der Waals surface area (Å²) in [5, 5.41) is 10.6. The number of hydrogen-bond donors (Lipinski definition) is 1. The molecule has 6 nitrogen and oxygen atoms in total. The number of aromatic nitrogens is 1. The second-order valence-electron chi connectivity index (χ2n) is 6.19. The van der Waals surface area contributed by atoms with E-state index >= 15 is 0 Å². The van der Waals surface area contributed by atoms with Gasteiger partial charge in [0.2, 0.25) is 5.78 Å². The molecule has 1 aliphatic rings. The number of ketones is 1. The molecule has 4 rings (SSSR count). The van der Waals surface area contributed by atoms with Crippen molar-refractivity contribution in [1.82, 2.24) is 4.98 Å². The smallest absolute Gasteiger partial charge is 0.294 e. The predicted molar refractivity (Wildman–Crippen MR) is 98.3 cm³/mol. The first-order valence-corrected chi connectivity index (χ1v) is 8.41. The summed E-state index contributed by atoms with van der Waals surface area (Å²) in [6.07, 6.45) is 2.96. The number of nitrogens with zero attached hydrogens (tertiary/aromatic N) is 2. The van der Waals surface area contributed by atoms with Crippen molar-refractivity contribution < 1.29 is 19.1 Å². The Morgan fingerprint density at radius 1 is 1.11 bits per heavy atom. The number of carbonyl (C=O) groups is 2. The lowest BCUT2D eigenvalue weighted by Crippen LogP contribution is -2.32. The van der Waals surface area contributed by atoms with E-state index in [1.807, 2.05) is 19.1 Å². The van der Waals surface area contributed by atoms with Gasteiger partial charge in [-0.1, -0.05) is 24.3 Å². The molecule has 1 aromatic carbocycles. The molecule has 0 radical (unpaired) electrons. The van der Waals surface area contributed by atoms with Gasteiger partial charge in [-0.15, -0.1) is 0 Å². The molecule has 134 valence electrons. The van der Waals surface area contributed by atoms with Gasteiger partial charge in [-0.3, -0.25) is 19.5 Å². The van der Waals surface area contributed by atoms with Crippen LogP contribution in [0.2, 0.25) is 0 Å². The average molecular weight is 360 g/mol. The van der Waals surface area contributed by atoms with Crippen LogP contribution in [-0.4, -0.2) is 21.8 Å². The lowest BCUT2D eigenvalue weighted by molar-refractivity contribution is -0.117. The van der Waals surface area contributed by atoms with Crippen LogP contribution in [-0.2, 0) is 4.79 Å². The highest BCUT2D eigenvalue weighted by atomic mass is 16.3. The van der Waals surface area contributed by atoms with Gasteiger partial charge in [-0.2, -0.15) is 0 Å². The first kappa shape index (κ1) is 16.8. The first-order valence-electron chi connectivity index (χ1n) is 8.41. The number of Topliss-reactive ketones (excluding diaryl/α,β-unsaturated/α-hetero) is 1. The molecule has 1 N–H and O–H groups in total. The molecule has 1 aliphatic heterocycles. The Balaban J connectivity index is 1.91. The highest BCUT2D eigenvalue weighted by molar-refractivity contribution is 6.20.